The average Bonchev–Trinajstić information content (AvgIpc) is 2.88. The van der Waals surface area contributed by atoms with E-state index in [1.54, 1.807) is 36.9 Å². The van der Waals surface area contributed by atoms with Gasteiger partial charge in [-0.2, -0.15) is 0 Å². The largest absolute Gasteiger partial charge is 0.463 e. The van der Waals surface area contributed by atoms with Gasteiger partial charge in [-0.25, -0.2) is 18.4 Å². The topological polar surface area (TPSA) is 82.2 Å². The predicted octanol–water partition coefficient (Wildman–Crippen LogP) is 3.71. The zero-order valence-electron chi connectivity index (χ0n) is 21.7. The molecule has 1 saturated heterocycles. The molecule has 0 spiro atoms. The van der Waals surface area contributed by atoms with Crippen LogP contribution in [0.2, 0.25) is 0 Å². The summed E-state index contributed by atoms with van der Waals surface area (Å²) in [5, 5.41) is 2.77. The number of halogens is 2. The molecule has 4 rings (SSSR count). The first-order valence-electron chi connectivity index (χ1n) is 12.8. The van der Waals surface area contributed by atoms with Crippen molar-refractivity contribution >= 4 is 17.9 Å². The lowest BCUT2D eigenvalue weighted by Gasteiger charge is -2.43. The van der Waals surface area contributed by atoms with Crippen LogP contribution in [0.15, 0.2) is 59.8 Å². The number of carbonyl (C=O) groups excluding carboxylic acids is 3. The molecule has 0 radical (unpaired) electrons. The number of carbonyl (C=O) groups is 3. The van der Waals surface area contributed by atoms with Crippen LogP contribution in [0.1, 0.15) is 42.7 Å². The van der Waals surface area contributed by atoms with Crippen LogP contribution >= 0.6 is 0 Å². The first-order chi connectivity index (χ1) is 18.2. The summed E-state index contributed by atoms with van der Waals surface area (Å²) >= 11 is 0. The first kappa shape index (κ1) is 27.3. The second-order valence-corrected chi connectivity index (χ2v) is 9.32. The molecule has 202 valence electrons. The van der Waals surface area contributed by atoms with Gasteiger partial charge in [0.15, 0.2) is 0 Å². The fourth-order valence-corrected chi connectivity index (χ4v) is 5.08. The highest BCUT2D eigenvalue weighted by Crippen LogP contribution is 2.33. The van der Waals surface area contributed by atoms with E-state index >= 15 is 0 Å². The third kappa shape index (κ3) is 5.55. The number of nitrogens with zero attached hydrogens (tertiary/aromatic N) is 3. The lowest BCUT2D eigenvalue weighted by atomic mass is 9.93. The standard InChI is InChI=1S/C28H32F2N4O4/c1-4-33-23(17-32-13-14-34(18(3)16-32)26(35)19-9-8-10-20(29)15-19)24(27(36)38-5-2)25(31-28(33)37)21-11-6-7-12-22(21)30/h6-12,15,18,25H,4-5,13-14,16-17H2,1-3H3,(H,31,37)/t18-,25+/m0/s1. The summed E-state index contributed by atoms with van der Waals surface area (Å²) in [5.41, 5.74) is 1.09. The van der Waals surface area contributed by atoms with Crippen molar-refractivity contribution in [3.05, 3.63) is 82.6 Å². The Hall–Kier alpha value is -3.79. The number of ether oxygens (including phenoxy) is 1. The minimum atomic E-state index is -1.01. The SMILES string of the molecule is CCOC(=O)C1=C(CN2CCN(C(=O)c3cccc(F)c3)[C@@H](C)C2)N(CC)C(=O)N[C@@H]1c1ccccc1F. The summed E-state index contributed by atoms with van der Waals surface area (Å²) in [6.45, 7) is 7.34. The number of piperazine rings is 1. The van der Waals surface area contributed by atoms with Crippen LogP contribution in [-0.2, 0) is 9.53 Å². The third-order valence-electron chi connectivity index (χ3n) is 6.88. The van der Waals surface area contributed by atoms with Crippen molar-refractivity contribution in [2.24, 2.45) is 0 Å². The van der Waals surface area contributed by atoms with Gasteiger partial charge in [0.05, 0.1) is 18.2 Å². The minimum Gasteiger partial charge on any atom is -0.463 e. The van der Waals surface area contributed by atoms with Crippen molar-refractivity contribution in [3.63, 3.8) is 0 Å². The zero-order chi connectivity index (χ0) is 27.4. The Labute approximate surface area is 220 Å². The molecule has 1 N–H and O–H groups in total. The molecule has 0 aromatic heterocycles. The van der Waals surface area contributed by atoms with Crippen molar-refractivity contribution in [1.82, 2.24) is 20.0 Å². The van der Waals surface area contributed by atoms with Crippen LogP contribution in [0.3, 0.4) is 0 Å². The van der Waals surface area contributed by atoms with Gasteiger partial charge < -0.3 is 15.0 Å². The molecule has 0 bridgehead atoms. The summed E-state index contributed by atoms with van der Waals surface area (Å²) in [6.07, 6.45) is 0. The van der Waals surface area contributed by atoms with Crippen LogP contribution < -0.4 is 5.32 Å². The zero-order valence-corrected chi connectivity index (χ0v) is 21.7. The lowest BCUT2D eigenvalue weighted by Crippen LogP contribution is -2.56. The second-order valence-electron chi connectivity index (χ2n) is 9.32. The maximum Gasteiger partial charge on any atom is 0.338 e. The Bertz CT molecular complexity index is 1250. The van der Waals surface area contributed by atoms with Crippen molar-refractivity contribution in [2.75, 3.05) is 39.3 Å². The molecule has 0 saturated carbocycles. The minimum absolute atomic E-state index is 0.123. The molecule has 2 aromatic carbocycles. The number of rotatable bonds is 7. The molecule has 38 heavy (non-hydrogen) atoms. The molecule has 2 atom stereocenters. The van der Waals surface area contributed by atoms with Gasteiger partial charge in [-0.3, -0.25) is 14.6 Å². The molecular weight excluding hydrogens is 494 g/mol. The lowest BCUT2D eigenvalue weighted by molar-refractivity contribution is -0.139. The van der Waals surface area contributed by atoms with Crippen molar-refractivity contribution in [2.45, 2.75) is 32.9 Å². The van der Waals surface area contributed by atoms with E-state index < -0.39 is 29.7 Å². The maximum atomic E-state index is 14.8. The summed E-state index contributed by atoms with van der Waals surface area (Å²) in [5.74, 6) is -1.89. The van der Waals surface area contributed by atoms with Crippen LogP contribution in [0.25, 0.3) is 0 Å². The normalized spacial score (nSPS) is 20.4. The Balaban J connectivity index is 1.64. The quantitative estimate of drug-likeness (QED) is 0.557. The fourth-order valence-electron chi connectivity index (χ4n) is 5.08. The van der Waals surface area contributed by atoms with E-state index in [1.807, 2.05) is 11.8 Å². The molecule has 3 amide bonds. The van der Waals surface area contributed by atoms with Crippen molar-refractivity contribution in [3.8, 4) is 0 Å². The van der Waals surface area contributed by atoms with E-state index in [9.17, 15) is 23.2 Å². The molecule has 2 aliphatic rings. The predicted molar refractivity (Wildman–Crippen MR) is 137 cm³/mol. The Kier molecular flexibility index (Phi) is 8.41. The highest BCUT2D eigenvalue weighted by molar-refractivity contribution is 5.95. The van der Waals surface area contributed by atoms with E-state index in [4.69, 9.17) is 4.74 Å². The van der Waals surface area contributed by atoms with E-state index in [2.05, 4.69) is 5.32 Å². The Morgan fingerprint density at radius 3 is 2.50 bits per heavy atom. The van der Waals surface area contributed by atoms with Gasteiger partial charge in [-0.05, 0) is 45.0 Å². The Morgan fingerprint density at radius 2 is 1.84 bits per heavy atom. The van der Waals surface area contributed by atoms with Gasteiger partial charge in [0.25, 0.3) is 5.91 Å². The first-order valence-corrected chi connectivity index (χ1v) is 12.8. The molecule has 10 heteroatoms. The van der Waals surface area contributed by atoms with Gasteiger partial charge in [0.1, 0.15) is 11.6 Å². The molecule has 8 nitrogen and oxygen atoms in total. The van der Waals surface area contributed by atoms with Gasteiger partial charge in [-0.15, -0.1) is 0 Å². The summed E-state index contributed by atoms with van der Waals surface area (Å²) < 4.78 is 33.8. The molecule has 1 fully saturated rings. The number of nitrogens with one attached hydrogen (secondary N) is 1. The number of likely N-dealkylation sites (N-methyl/N-ethyl adjacent to an activating group) is 1. The molecule has 0 unspecified atom stereocenters. The van der Waals surface area contributed by atoms with E-state index in [0.717, 1.165) is 0 Å². The summed E-state index contributed by atoms with van der Waals surface area (Å²) in [7, 11) is 0. The van der Waals surface area contributed by atoms with Gasteiger partial charge in [-0.1, -0.05) is 24.3 Å². The van der Waals surface area contributed by atoms with Crippen molar-refractivity contribution < 1.29 is 27.9 Å². The van der Waals surface area contributed by atoms with E-state index in [1.165, 1.54) is 35.2 Å². The number of esters is 1. The van der Waals surface area contributed by atoms with E-state index in [-0.39, 0.29) is 41.8 Å². The average molecular weight is 527 g/mol. The Morgan fingerprint density at radius 1 is 1.08 bits per heavy atom. The van der Waals surface area contributed by atoms with Gasteiger partial charge >= 0.3 is 12.0 Å². The number of hydrogen-bond acceptors (Lipinski definition) is 5. The molecule has 0 aliphatic carbocycles. The van der Waals surface area contributed by atoms with Crippen LogP contribution in [0, 0.1) is 11.6 Å². The fraction of sp³-hybridized carbons (Fsp3) is 0.393. The highest BCUT2D eigenvalue weighted by Gasteiger charge is 2.40. The third-order valence-corrected chi connectivity index (χ3v) is 6.88. The number of amides is 3. The highest BCUT2D eigenvalue weighted by atomic mass is 19.1. The van der Waals surface area contributed by atoms with Crippen LogP contribution in [0.4, 0.5) is 13.6 Å². The van der Waals surface area contributed by atoms with Crippen LogP contribution in [0.5, 0.6) is 0 Å². The maximum absolute atomic E-state index is 14.8. The summed E-state index contributed by atoms with van der Waals surface area (Å²) in [6, 6.07) is 9.98. The smallest absolute Gasteiger partial charge is 0.338 e. The van der Waals surface area contributed by atoms with Gasteiger partial charge in [0.2, 0.25) is 0 Å². The monoisotopic (exact) mass is 526 g/mol. The second kappa shape index (κ2) is 11.7. The number of urea groups is 1. The van der Waals surface area contributed by atoms with E-state index in [0.29, 0.717) is 31.9 Å². The van der Waals surface area contributed by atoms with Crippen LogP contribution in [-0.4, -0.2) is 78.0 Å². The van der Waals surface area contributed by atoms with Gasteiger partial charge in [0, 0.05) is 55.6 Å². The molecule has 2 aliphatic heterocycles. The summed E-state index contributed by atoms with van der Waals surface area (Å²) in [4.78, 5) is 44.5. The van der Waals surface area contributed by atoms with Crippen molar-refractivity contribution in [1.29, 1.82) is 0 Å². The molecule has 2 heterocycles. The number of hydrogen-bond donors (Lipinski definition) is 1. The molecular formula is C28H32F2N4O4. The molecule has 2 aromatic rings. The number of benzene rings is 2.